The smallest absolute Gasteiger partial charge is 0.335 e. The van der Waals surface area contributed by atoms with Crippen molar-refractivity contribution in [2.24, 2.45) is 0 Å². The average Bonchev–Trinajstić information content (AvgIpc) is 2.63. The number of ether oxygens (including phenoxy) is 2. The largest absolute Gasteiger partial charge is 0.379 e. The van der Waals surface area contributed by atoms with Crippen LogP contribution in [0.4, 0.5) is 5.69 Å². The first-order chi connectivity index (χ1) is 13.0. The number of nitrogens with one attached hydrogen (secondary N) is 1. The van der Waals surface area contributed by atoms with Crippen molar-refractivity contribution in [1.82, 2.24) is 0 Å². The van der Waals surface area contributed by atoms with Crippen LogP contribution in [0.2, 0.25) is 0 Å². The Morgan fingerprint density at radius 1 is 0.963 bits per heavy atom. The van der Waals surface area contributed by atoms with Crippen LogP contribution in [-0.2, 0) is 34.0 Å². The molecule has 0 heterocycles. The van der Waals surface area contributed by atoms with E-state index < -0.39 is 7.60 Å². The number of anilines is 1. The summed E-state index contributed by atoms with van der Waals surface area (Å²) in [4.78, 5) is 11.9. The number of hydrogen-bond donors (Lipinski definition) is 1. The summed E-state index contributed by atoms with van der Waals surface area (Å²) in [6, 6.07) is 7.10. The second kappa shape index (κ2) is 13.9. The van der Waals surface area contributed by atoms with E-state index in [1.54, 1.807) is 38.1 Å². The average molecular weight is 401 g/mol. The van der Waals surface area contributed by atoms with Crippen LogP contribution in [0, 0.1) is 0 Å². The number of amides is 1. The minimum absolute atomic E-state index is 0.0250. The molecule has 8 heteroatoms. The molecule has 7 nitrogen and oxygen atoms in total. The lowest BCUT2D eigenvalue weighted by atomic mass is 10.2. The molecule has 1 rings (SSSR count). The molecule has 1 aromatic rings. The quantitative estimate of drug-likeness (QED) is 0.350. The van der Waals surface area contributed by atoms with Crippen LogP contribution < -0.4 is 5.32 Å². The summed E-state index contributed by atoms with van der Waals surface area (Å²) in [5, 5.41) is 2.76. The van der Waals surface area contributed by atoms with E-state index in [1.807, 2.05) is 0 Å². The molecule has 0 bridgehead atoms. The fraction of sp³-hybridized carbons (Fsp3) is 0.632. The van der Waals surface area contributed by atoms with Crippen molar-refractivity contribution in [3.05, 3.63) is 29.8 Å². The SMILES string of the molecule is CCCCOCCOCC(=O)Nc1ccc(CP(=O)(OCC)OCC)cc1. The van der Waals surface area contributed by atoms with Gasteiger partial charge in [-0.1, -0.05) is 25.5 Å². The zero-order valence-corrected chi connectivity index (χ0v) is 17.5. The van der Waals surface area contributed by atoms with Gasteiger partial charge in [-0.05, 0) is 38.0 Å². The van der Waals surface area contributed by atoms with Gasteiger partial charge in [-0.3, -0.25) is 9.36 Å². The van der Waals surface area contributed by atoms with Crippen molar-refractivity contribution in [2.75, 3.05) is 45.0 Å². The highest BCUT2D eigenvalue weighted by Gasteiger charge is 2.23. The second-order valence-corrected chi connectivity index (χ2v) is 7.92. The zero-order valence-electron chi connectivity index (χ0n) is 16.6. The van der Waals surface area contributed by atoms with Gasteiger partial charge in [0.25, 0.3) is 0 Å². The molecule has 27 heavy (non-hydrogen) atoms. The van der Waals surface area contributed by atoms with Crippen LogP contribution in [0.3, 0.4) is 0 Å². The molecule has 0 fully saturated rings. The molecule has 0 unspecified atom stereocenters. The third-order valence-corrected chi connectivity index (χ3v) is 5.57. The molecule has 0 aliphatic carbocycles. The number of carbonyl (C=O) groups excluding carboxylic acids is 1. The van der Waals surface area contributed by atoms with Crippen molar-refractivity contribution in [1.29, 1.82) is 0 Å². The molecule has 1 amide bonds. The molecular weight excluding hydrogens is 369 g/mol. The summed E-state index contributed by atoms with van der Waals surface area (Å²) in [5.74, 6) is -0.231. The van der Waals surface area contributed by atoms with Gasteiger partial charge in [0.15, 0.2) is 0 Å². The van der Waals surface area contributed by atoms with E-state index >= 15 is 0 Å². The van der Waals surface area contributed by atoms with Gasteiger partial charge in [-0.2, -0.15) is 0 Å². The van der Waals surface area contributed by atoms with E-state index in [9.17, 15) is 9.36 Å². The van der Waals surface area contributed by atoms with Crippen molar-refractivity contribution in [3.63, 3.8) is 0 Å². The summed E-state index contributed by atoms with van der Waals surface area (Å²) in [6.07, 6.45) is 2.32. The first-order valence-corrected chi connectivity index (χ1v) is 11.2. The Hall–Kier alpha value is -1.24. The fourth-order valence-electron chi connectivity index (χ4n) is 2.27. The Morgan fingerprint density at radius 3 is 2.19 bits per heavy atom. The standard InChI is InChI=1S/C19H32NO6P/c1-4-7-12-23-13-14-24-15-19(21)20-18-10-8-17(9-11-18)16-27(22,25-5-2)26-6-3/h8-11H,4-7,12-16H2,1-3H3,(H,20,21). The molecule has 0 spiro atoms. The highest BCUT2D eigenvalue weighted by Crippen LogP contribution is 2.51. The molecule has 1 N–H and O–H groups in total. The molecule has 0 saturated carbocycles. The maximum Gasteiger partial charge on any atom is 0.335 e. The molecule has 0 aromatic heterocycles. The minimum Gasteiger partial charge on any atom is -0.379 e. The Labute approximate surface area is 162 Å². The van der Waals surface area contributed by atoms with Gasteiger partial charge in [-0.25, -0.2) is 0 Å². The van der Waals surface area contributed by atoms with Gasteiger partial charge in [0, 0.05) is 12.3 Å². The molecule has 1 aromatic carbocycles. The van der Waals surface area contributed by atoms with Crippen molar-refractivity contribution in [2.45, 2.75) is 39.8 Å². The lowest BCUT2D eigenvalue weighted by molar-refractivity contribution is -0.121. The number of hydrogen-bond acceptors (Lipinski definition) is 6. The Morgan fingerprint density at radius 2 is 1.59 bits per heavy atom. The van der Waals surface area contributed by atoms with Crippen molar-refractivity contribution >= 4 is 19.2 Å². The van der Waals surface area contributed by atoms with Crippen LogP contribution in [0.1, 0.15) is 39.2 Å². The predicted octanol–water partition coefficient (Wildman–Crippen LogP) is 4.22. The first-order valence-electron chi connectivity index (χ1n) is 9.45. The summed E-state index contributed by atoms with van der Waals surface area (Å²) >= 11 is 0. The summed E-state index contributed by atoms with van der Waals surface area (Å²) in [7, 11) is -3.13. The monoisotopic (exact) mass is 401 g/mol. The highest BCUT2D eigenvalue weighted by molar-refractivity contribution is 7.53. The van der Waals surface area contributed by atoms with E-state index in [0.29, 0.717) is 32.1 Å². The van der Waals surface area contributed by atoms with Gasteiger partial charge in [0.2, 0.25) is 5.91 Å². The summed E-state index contributed by atoms with van der Waals surface area (Å²) in [5.41, 5.74) is 1.47. The van der Waals surface area contributed by atoms with E-state index in [2.05, 4.69) is 12.2 Å². The van der Waals surface area contributed by atoms with Gasteiger partial charge in [-0.15, -0.1) is 0 Å². The van der Waals surface area contributed by atoms with Crippen molar-refractivity contribution in [3.8, 4) is 0 Å². The van der Waals surface area contributed by atoms with Crippen LogP contribution in [-0.4, -0.2) is 45.5 Å². The topological polar surface area (TPSA) is 83.1 Å². The van der Waals surface area contributed by atoms with Gasteiger partial charge in [0.1, 0.15) is 6.61 Å². The van der Waals surface area contributed by atoms with Crippen LogP contribution in [0.25, 0.3) is 0 Å². The minimum atomic E-state index is -3.13. The maximum atomic E-state index is 12.5. The molecule has 0 saturated heterocycles. The predicted molar refractivity (Wildman–Crippen MR) is 106 cm³/mol. The van der Waals surface area contributed by atoms with Gasteiger partial charge < -0.3 is 23.8 Å². The van der Waals surface area contributed by atoms with E-state index in [4.69, 9.17) is 18.5 Å². The molecule has 0 aliphatic rings. The van der Waals surface area contributed by atoms with Gasteiger partial charge >= 0.3 is 7.60 Å². The lowest BCUT2D eigenvalue weighted by Gasteiger charge is -2.17. The lowest BCUT2D eigenvalue weighted by Crippen LogP contribution is -2.19. The van der Waals surface area contributed by atoms with Gasteiger partial charge in [0.05, 0.1) is 32.6 Å². The van der Waals surface area contributed by atoms with Crippen molar-refractivity contribution < 1.29 is 27.9 Å². The number of unbranched alkanes of at least 4 members (excludes halogenated alkanes) is 1. The Bertz CT molecular complexity index is 568. The van der Waals surface area contributed by atoms with E-state index in [-0.39, 0.29) is 18.7 Å². The Kier molecular flexibility index (Phi) is 12.2. The third-order valence-electron chi connectivity index (χ3n) is 3.51. The Balaban J connectivity index is 2.36. The summed E-state index contributed by atoms with van der Waals surface area (Å²) in [6.45, 7) is 7.90. The van der Waals surface area contributed by atoms with E-state index in [1.165, 1.54) is 0 Å². The number of rotatable bonds is 15. The maximum absolute atomic E-state index is 12.5. The first kappa shape index (κ1) is 23.8. The zero-order chi connectivity index (χ0) is 20.0. The molecule has 0 atom stereocenters. The normalized spacial score (nSPS) is 11.5. The van der Waals surface area contributed by atoms with E-state index in [0.717, 1.165) is 25.0 Å². The summed E-state index contributed by atoms with van der Waals surface area (Å²) < 4.78 is 33.8. The number of carbonyl (C=O) groups is 1. The van der Waals surface area contributed by atoms with Crippen LogP contribution in [0.15, 0.2) is 24.3 Å². The molecule has 154 valence electrons. The van der Waals surface area contributed by atoms with Crippen LogP contribution >= 0.6 is 7.60 Å². The molecule has 0 radical (unpaired) electrons. The number of benzene rings is 1. The fourth-order valence-corrected chi connectivity index (χ4v) is 3.97. The third kappa shape index (κ3) is 10.6. The second-order valence-electron chi connectivity index (χ2n) is 5.87. The highest BCUT2D eigenvalue weighted by atomic mass is 31.2. The van der Waals surface area contributed by atoms with Crippen LogP contribution in [0.5, 0.6) is 0 Å². The molecule has 0 aliphatic heterocycles. The molecular formula is C19H32NO6P.